The largest absolute Gasteiger partial charge is 0.326 e. The van der Waals surface area contributed by atoms with Crippen molar-refractivity contribution in [3.8, 4) is 0 Å². The van der Waals surface area contributed by atoms with Gasteiger partial charge in [0.05, 0.1) is 11.0 Å². The first-order chi connectivity index (χ1) is 14.2. The highest BCUT2D eigenvalue weighted by Gasteiger charge is 2.31. The number of nitrogens with zero attached hydrogens (tertiary/aromatic N) is 2. The summed E-state index contributed by atoms with van der Waals surface area (Å²) in [7, 11) is 0. The monoisotopic (exact) mass is 411 g/mol. The molecule has 4 nitrogen and oxygen atoms in total. The van der Waals surface area contributed by atoms with Crippen molar-refractivity contribution >= 4 is 22.6 Å². The van der Waals surface area contributed by atoms with Gasteiger partial charge < -0.3 is 9.88 Å². The van der Waals surface area contributed by atoms with Gasteiger partial charge in [0.1, 0.15) is 0 Å². The molecule has 1 N–H and O–H groups in total. The Morgan fingerprint density at radius 2 is 1.90 bits per heavy atom. The van der Waals surface area contributed by atoms with Crippen molar-refractivity contribution in [1.29, 1.82) is 0 Å². The highest BCUT2D eigenvalue weighted by molar-refractivity contribution is 6.31. The fourth-order valence-corrected chi connectivity index (χ4v) is 5.88. The zero-order chi connectivity index (χ0) is 19.8. The van der Waals surface area contributed by atoms with Crippen molar-refractivity contribution in [2.45, 2.75) is 63.5 Å². The van der Waals surface area contributed by atoms with Crippen LogP contribution in [-0.2, 0) is 0 Å². The van der Waals surface area contributed by atoms with E-state index in [9.17, 15) is 4.79 Å². The molecule has 2 heterocycles. The predicted octanol–water partition coefficient (Wildman–Crippen LogP) is 5.46. The number of allylic oxidation sites excluding steroid dienone is 4. The van der Waals surface area contributed by atoms with Crippen LogP contribution in [0.1, 0.15) is 57.4 Å². The van der Waals surface area contributed by atoms with E-state index >= 15 is 0 Å². The summed E-state index contributed by atoms with van der Waals surface area (Å²) < 4.78 is 1.96. The minimum atomic E-state index is -0.00512. The van der Waals surface area contributed by atoms with Gasteiger partial charge in [-0.15, -0.1) is 0 Å². The van der Waals surface area contributed by atoms with E-state index in [1.165, 1.54) is 38.5 Å². The fourth-order valence-electron chi connectivity index (χ4n) is 5.71. The maximum Gasteiger partial charge on any atom is 0.326 e. The van der Waals surface area contributed by atoms with Gasteiger partial charge in [0.2, 0.25) is 0 Å². The van der Waals surface area contributed by atoms with Gasteiger partial charge >= 0.3 is 5.69 Å². The first-order valence-corrected chi connectivity index (χ1v) is 11.6. The van der Waals surface area contributed by atoms with E-state index in [0.29, 0.717) is 11.1 Å². The van der Waals surface area contributed by atoms with Crippen molar-refractivity contribution in [3.63, 3.8) is 0 Å². The van der Waals surface area contributed by atoms with Crippen LogP contribution in [0.3, 0.4) is 0 Å². The van der Waals surface area contributed by atoms with Crippen LogP contribution in [0.5, 0.6) is 0 Å². The molecular formula is C24H30ClN3O. The molecular weight excluding hydrogens is 382 g/mol. The second kappa shape index (κ2) is 8.16. The number of benzene rings is 1. The van der Waals surface area contributed by atoms with Gasteiger partial charge in [0, 0.05) is 30.2 Å². The Morgan fingerprint density at radius 3 is 2.69 bits per heavy atom. The highest BCUT2D eigenvalue weighted by Crippen LogP contribution is 2.36. The SMILES string of the molecule is O=c1[nH]c2cc(Cl)ccc2n1C1CCN(C2CCCC(C3=CCCC=C3)C2)CC1. The van der Waals surface area contributed by atoms with Crippen molar-refractivity contribution < 1.29 is 0 Å². The van der Waals surface area contributed by atoms with E-state index in [1.54, 1.807) is 5.57 Å². The number of piperidine rings is 1. The molecule has 29 heavy (non-hydrogen) atoms. The number of fused-ring (bicyclic) bond motifs is 1. The number of aromatic nitrogens is 2. The van der Waals surface area contributed by atoms with Crippen LogP contribution in [0.4, 0.5) is 0 Å². The zero-order valence-electron chi connectivity index (χ0n) is 16.9. The molecule has 0 radical (unpaired) electrons. The minimum Gasteiger partial charge on any atom is -0.305 e. The molecule has 0 amide bonds. The van der Waals surface area contributed by atoms with Crippen molar-refractivity contribution in [2.24, 2.45) is 5.92 Å². The third-order valence-electron chi connectivity index (χ3n) is 7.20. The standard InChI is InChI=1S/C24H30ClN3O/c25-19-9-10-23-22(16-19)26-24(29)28(23)20-11-13-27(14-12-20)21-8-4-7-18(15-21)17-5-2-1-3-6-17/h2,5-6,9-10,16,18,20-21H,1,3-4,7-8,11-15H2,(H,26,29). The second-order valence-electron chi connectivity index (χ2n) is 8.93. The number of halogens is 1. The van der Waals surface area contributed by atoms with E-state index in [2.05, 4.69) is 28.1 Å². The molecule has 2 atom stereocenters. The van der Waals surface area contributed by atoms with Crippen LogP contribution in [-0.4, -0.2) is 33.6 Å². The summed E-state index contributed by atoms with van der Waals surface area (Å²) in [6.45, 7) is 2.17. The maximum atomic E-state index is 12.6. The summed E-state index contributed by atoms with van der Waals surface area (Å²) in [5, 5.41) is 0.662. The lowest BCUT2D eigenvalue weighted by Crippen LogP contribution is -2.45. The molecule has 5 heteroatoms. The Kier molecular flexibility index (Phi) is 5.40. The number of hydrogen-bond donors (Lipinski definition) is 1. The molecule has 1 aromatic heterocycles. The zero-order valence-corrected chi connectivity index (χ0v) is 17.7. The lowest BCUT2D eigenvalue weighted by Gasteiger charge is -2.42. The molecule has 1 aromatic carbocycles. The molecule has 2 aromatic rings. The Morgan fingerprint density at radius 1 is 1.03 bits per heavy atom. The summed E-state index contributed by atoms with van der Waals surface area (Å²) in [6.07, 6.45) is 17.0. The van der Waals surface area contributed by atoms with E-state index < -0.39 is 0 Å². The number of nitrogens with one attached hydrogen (secondary N) is 1. The molecule has 154 valence electrons. The summed E-state index contributed by atoms with van der Waals surface area (Å²) in [4.78, 5) is 18.3. The van der Waals surface area contributed by atoms with Crippen LogP contribution in [0.15, 0.2) is 46.8 Å². The lowest BCUT2D eigenvalue weighted by atomic mass is 9.78. The van der Waals surface area contributed by atoms with Gasteiger partial charge in [0.15, 0.2) is 0 Å². The number of H-pyrrole nitrogens is 1. The highest BCUT2D eigenvalue weighted by atomic mass is 35.5. The normalized spacial score (nSPS) is 26.7. The van der Waals surface area contributed by atoms with Gasteiger partial charge in [-0.25, -0.2) is 4.79 Å². The quantitative estimate of drug-likeness (QED) is 0.728. The first-order valence-electron chi connectivity index (χ1n) is 11.2. The number of rotatable bonds is 3. The van der Waals surface area contributed by atoms with Gasteiger partial charge in [-0.05, 0) is 74.6 Å². The maximum absolute atomic E-state index is 12.6. The molecule has 1 saturated carbocycles. The molecule has 2 unspecified atom stereocenters. The summed E-state index contributed by atoms with van der Waals surface area (Å²) in [5.74, 6) is 0.740. The molecule has 1 aliphatic heterocycles. The average Bonchev–Trinajstić information content (AvgIpc) is 3.09. The van der Waals surface area contributed by atoms with Crippen LogP contribution in [0.25, 0.3) is 11.0 Å². The van der Waals surface area contributed by atoms with E-state index in [1.807, 2.05) is 22.8 Å². The first kappa shape index (κ1) is 19.2. The van der Waals surface area contributed by atoms with Gasteiger partial charge in [-0.2, -0.15) is 0 Å². The molecule has 1 saturated heterocycles. The molecule has 0 spiro atoms. The smallest absolute Gasteiger partial charge is 0.305 e. The Labute approximate surface area is 177 Å². The molecule has 3 aliphatic rings. The topological polar surface area (TPSA) is 41.0 Å². The second-order valence-corrected chi connectivity index (χ2v) is 9.37. The number of hydrogen-bond acceptors (Lipinski definition) is 2. The van der Waals surface area contributed by atoms with E-state index in [0.717, 1.165) is 42.9 Å². The number of likely N-dealkylation sites (tertiary alicyclic amines) is 1. The Hall–Kier alpha value is -1.78. The Balaban J connectivity index is 1.26. The van der Waals surface area contributed by atoms with Crippen LogP contribution >= 0.6 is 11.6 Å². The molecule has 5 rings (SSSR count). The van der Waals surface area contributed by atoms with Crippen LogP contribution < -0.4 is 5.69 Å². The average molecular weight is 412 g/mol. The minimum absolute atomic E-state index is 0.00512. The summed E-state index contributed by atoms with van der Waals surface area (Å²) >= 11 is 6.09. The Bertz CT molecular complexity index is 993. The van der Waals surface area contributed by atoms with E-state index in [-0.39, 0.29) is 11.7 Å². The van der Waals surface area contributed by atoms with Gasteiger partial charge in [-0.3, -0.25) is 4.57 Å². The van der Waals surface area contributed by atoms with Crippen LogP contribution in [0, 0.1) is 5.92 Å². The third-order valence-corrected chi connectivity index (χ3v) is 7.44. The molecule has 2 aliphatic carbocycles. The third kappa shape index (κ3) is 3.85. The van der Waals surface area contributed by atoms with E-state index in [4.69, 9.17) is 11.6 Å². The molecule has 0 bridgehead atoms. The fraction of sp³-hybridized carbons (Fsp3) is 0.542. The van der Waals surface area contributed by atoms with Gasteiger partial charge in [0.25, 0.3) is 0 Å². The predicted molar refractivity (Wildman–Crippen MR) is 120 cm³/mol. The number of imidazole rings is 1. The van der Waals surface area contributed by atoms with Crippen LogP contribution in [0.2, 0.25) is 5.02 Å². The van der Waals surface area contributed by atoms with Crippen molar-refractivity contribution in [3.05, 3.63) is 57.5 Å². The van der Waals surface area contributed by atoms with Gasteiger partial charge in [-0.1, -0.05) is 36.2 Å². The lowest BCUT2D eigenvalue weighted by molar-refractivity contribution is 0.0977. The summed E-state index contributed by atoms with van der Waals surface area (Å²) in [6, 6.07) is 6.67. The summed E-state index contributed by atoms with van der Waals surface area (Å²) in [5.41, 5.74) is 3.40. The number of aromatic amines is 1. The van der Waals surface area contributed by atoms with Crippen molar-refractivity contribution in [2.75, 3.05) is 13.1 Å². The van der Waals surface area contributed by atoms with Crippen molar-refractivity contribution in [1.82, 2.24) is 14.5 Å². The molecule has 2 fully saturated rings.